The number of hydrogen-bond donors (Lipinski definition) is 0. The lowest BCUT2D eigenvalue weighted by molar-refractivity contribution is 0.173. The SMILES string of the molecule is CCC1=CN(CC)CN(CC)C1. The van der Waals surface area contributed by atoms with Crippen molar-refractivity contribution in [1.29, 1.82) is 0 Å². The minimum absolute atomic E-state index is 1.11. The number of likely N-dealkylation sites (N-methyl/N-ethyl adjacent to an activating group) is 1. The second-order valence-corrected chi connectivity index (χ2v) is 3.33. The molecule has 0 unspecified atom stereocenters. The van der Waals surface area contributed by atoms with Gasteiger partial charge in [-0.1, -0.05) is 13.8 Å². The predicted octanol–water partition coefficient (Wildman–Crippen LogP) is 1.90. The summed E-state index contributed by atoms with van der Waals surface area (Å²) in [4.78, 5) is 4.86. The molecule has 0 N–H and O–H groups in total. The number of nitrogens with zero attached hydrogens (tertiary/aromatic N) is 2. The van der Waals surface area contributed by atoms with Crippen LogP contribution in [0.15, 0.2) is 11.8 Å². The normalized spacial score (nSPS) is 19.6. The summed E-state index contributed by atoms with van der Waals surface area (Å²) in [5.41, 5.74) is 1.56. The maximum atomic E-state index is 2.47. The van der Waals surface area contributed by atoms with Crippen LogP contribution in [0, 0.1) is 0 Å². The molecule has 1 rings (SSSR count). The highest BCUT2D eigenvalue weighted by Gasteiger charge is 2.13. The largest absolute Gasteiger partial charge is 0.365 e. The van der Waals surface area contributed by atoms with Crippen LogP contribution >= 0.6 is 0 Å². The zero-order chi connectivity index (χ0) is 8.97. The van der Waals surface area contributed by atoms with Crippen molar-refractivity contribution in [3.63, 3.8) is 0 Å². The fourth-order valence-electron chi connectivity index (χ4n) is 1.54. The lowest BCUT2D eigenvalue weighted by Gasteiger charge is -2.34. The van der Waals surface area contributed by atoms with Crippen LogP contribution in [0.5, 0.6) is 0 Å². The Balaban J connectivity index is 2.57. The van der Waals surface area contributed by atoms with Crippen molar-refractivity contribution in [3.8, 4) is 0 Å². The molecule has 0 spiro atoms. The molecule has 1 aliphatic rings. The van der Waals surface area contributed by atoms with Crippen molar-refractivity contribution in [3.05, 3.63) is 11.8 Å². The van der Waals surface area contributed by atoms with Crippen molar-refractivity contribution >= 4 is 0 Å². The Morgan fingerprint density at radius 2 is 2.00 bits per heavy atom. The Hall–Kier alpha value is -0.500. The van der Waals surface area contributed by atoms with Crippen LogP contribution < -0.4 is 0 Å². The molecular formula is C10H20N2. The Morgan fingerprint density at radius 1 is 1.25 bits per heavy atom. The van der Waals surface area contributed by atoms with E-state index in [1.165, 1.54) is 13.0 Å². The minimum Gasteiger partial charge on any atom is -0.365 e. The monoisotopic (exact) mass is 168 g/mol. The van der Waals surface area contributed by atoms with Gasteiger partial charge in [0.1, 0.15) is 0 Å². The van der Waals surface area contributed by atoms with Crippen LogP contribution in [0.4, 0.5) is 0 Å². The minimum atomic E-state index is 1.11. The first kappa shape index (κ1) is 9.59. The third kappa shape index (κ3) is 2.24. The zero-order valence-electron chi connectivity index (χ0n) is 8.51. The van der Waals surface area contributed by atoms with Gasteiger partial charge in [0.25, 0.3) is 0 Å². The first-order valence-electron chi connectivity index (χ1n) is 4.96. The summed E-state index contributed by atoms with van der Waals surface area (Å²) >= 11 is 0. The Morgan fingerprint density at radius 3 is 2.50 bits per heavy atom. The van der Waals surface area contributed by atoms with Crippen molar-refractivity contribution in [1.82, 2.24) is 9.80 Å². The highest BCUT2D eigenvalue weighted by molar-refractivity contribution is 5.06. The van der Waals surface area contributed by atoms with Crippen LogP contribution in [-0.2, 0) is 0 Å². The van der Waals surface area contributed by atoms with E-state index in [1.54, 1.807) is 5.57 Å². The molecule has 12 heavy (non-hydrogen) atoms. The highest BCUT2D eigenvalue weighted by Crippen LogP contribution is 2.12. The van der Waals surface area contributed by atoms with Gasteiger partial charge in [-0.2, -0.15) is 0 Å². The molecule has 0 radical (unpaired) electrons. The van der Waals surface area contributed by atoms with E-state index >= 15 is 0 Å². The summed E-state index contributed by atoms with van der Waals surface area (Å²) in [7, 11) is 0. The van der Waals surface area contributed by atoms with Crippen molar-refractivity contribution in [2.45, 2.75) is 27.2 Å². The van der Waals surface area contributed by atoms with Gasteiger partial charge in [-0.15, -0.1) is 0 Å². The summed E-state index contributed by atoms with van der Waals surface area (Å²) in [5, 5.41) is 0. The molecule has 1 aliphatic heterocycles. The molecule has 0 fully saturated rings. The molecule has 2 nitrogen and oxygen atoms in total. The van der Waals surface area contributed by atoms with Gasteiger partial charge < -0.3 is 4.90 Å². The molecule has 2 heteroatoms. The van der Waals surface area contributed by atoms with Gasteiger partial charge in [-0.05, 0) is 25.5 Å². The van der Waals surface area contributed by atoms with E-state index in [9.17, 15) is 0 Å². The Kier molecular flexibility index (Phi) is 3.60. The molecule has 0 bridgehead atoms. The standard InChI is InChI=1S/C10H20N2/c1-4-10-7-11(5-2)9-12(6-3)8-10/h7H,4-6,8-9H2,1-3H3. The topological polar surface area (TPSA) is 6.48 Å². The summed E-state index contributed by atoms with van der Waals surface area (Å²) < 4.78 is 0. The van der Waals surface area contributed by atoms with Gasteiger partial charge in [0.15, 0.2) is 0 Å². The van der Waals surface area contributed by atoms with E-state index in [-0.39, 0.29) is 0 Å². The maximum absolute atomic E-state index is 2.47. The second kappa shape index (κ2) is 4.51. The van der Waals surface area contributed by atoms with Crippen LogP contribution in [0.25, 0.3) is 0 Å². The fourth-order valence-corrected chi connectivity index (χ4v) is 1.54. The zero-order valence-corrected chi connectivity index (χ0v) is 8.51. The summed E-state index contributed by atoms with van der Waals surface area (Å²) in [6, 6.07) is 0. The summed E-state index contributed by atoms with van der Waals surface area (Å²) in [5.74, 6) is 0. The van der Waals surface area contributed by atoms with Crippen LogP contribution in [-0.4, -0.2) is 36.1 Å². The average molecular weight is 168 g/mol. The van der Waals surface area contributed by atoms with Crippen LogP contribution in [0.1, 0.15) is 27.2 Å². The summed E-state index contributed by atoms with van der Waals surface area (Å²) in [6.07, 6.45) is 3.51. The fraction of sp³-hybridized carbons (Fsp3) is 0.800. The highest BCUT2D eigenvalue weighted by atomic mass is 15.3. The molecule has 0 aromatic carbocycles. The van der Waals surface area contributed by atoms with Gasteiger partial charge in [-0.3, -0.25) is 4.90 Å². The van der Waals surface area contributed by atoms with Crippen LogP contribution in [0.2, 0.25) is 0 Å². The van der Waals surface area contributed by atoms with E-state index in [0.717, 1.165) is 19.8 Å². The first-order chi connectivity index (χ1) is 5.80. The van der Waals surface area contributed by atoms with E-state index in [1.807, 2.05) is 0 Å². The molecular weight excluding hydrogens is 148 g/mol. The van der Waals surface area contributed by atoms with Crippen LogP contribution in [0.3, 0.4) is 0 Å². The molecule has 0 saturated carbocycles. The second-order valence-electron chi connectivity index (χ2n) is 3.33. The van der Waals surface area contributed by atoms with Gasteiger partial charge in [0.05, 0.1) is 6.67 Å². The van der Waals surface area contributed by atoms with Crippen molar-refractivity contribution in [2.24, 2.45) is 0 Å². The lowest BCUT2D eigenvalue weighted by atomic mass is 10.2. The molecule has 1 heterocycles. The molecule has 0 amide bonds. The predicted molar refractivity (Wildman–Crippen MR) is 52.9 cm³/mol. The van der Waals surface area contributed by atoms with Gasteiger partial charge in [-0.25, -0.2) is 0 Å². The van der Waals surface area contributed by atoms with E-state index in [4.69, 9.17) is 0 Å². The smallest absolute Gasteiger partial charge is 0.0704 e. The summed E-state index contributed by atoms with van der Waals surface area (Å²) in [6.45, 7) is 11.2. The van der Waals surface area contributed by atoms with Crippen molar-refractivity contribution < 1.29 is 0 Å². The van der Waals surface area contributed by atoms with E-state index in [2.05, 4.69) is 36.8 Å². The molecule has 0 saturated heterocycles. The average Bonchev–Trinajstić information content (AvgIpc) is 2.16. The van der Waals surface area contributed by atoms with Gasteiger partial charge >= 0.3 is 0 Å². The van der Waals surface area contributed by atoms with E-state index < -0.39 is 0 Å². The Bertz CT molecular complexity index is 163. The first-order valence-corrected chi connectivity index (χ1v) is 4.96. The third-order valence-electron chi connectivity index (χ3n) is 2.48. The Labute approximate surface area is 75.8 Å². The third-order valence-corrected chi connectivity index (χ3v) is 2.48. The van der Waals surface area contributed by atoms with Gasteiger partial charge in [0, 0.05) is 19.3 Å². The molecule has 0 aromatic rings. The van der Waals surface area contributed by atoms with Gasteiger partial charge in [0.2, 0.25) is 0 Å². The maximum Gasteiger partial charge on any atom is 0.0704 e. The molecule has 0 aromatic heterocycles. The molecule has 0 aliphatic carbocycles. The number of rotatable bonds is 3. The molecule has 70 valence electrons. The number of hydrogen-bond acceptors (Lipinski definition) is 2. The van der Waals surface area contributed by atoms with E-state index in [0.29, 0.717) is 0 Å². The lowest BCUT2D eigenvalue weighted by Crippen LogP contribution is -2.40. The van der Waals surface area contributed by atoms with Crippen molar-refractivity contribution in [2.75, 3.05) is 26.3 Å². The quantitative estimate of drug-likeness (QED) is 0.635. The molecule has 0 atom stereocenters.